The smallest absolute Gasteiger partial charge is 0.251 e. The number of carbonyl (C=O) groups is 1. The van der Waals surface area contributed by atoms with Crippen molar-refractivity contribution in [1.82, 2.24) is 5.32 Å². The van der Waals surface area contributed by atoms with Crippen LogP contribution in [0.5, 0.6) is 5.75 Å². The Morgan fingerprint density at radius 2 is 1.77 bits per heavy atom. The second-order valence-electron chi connectivity index (χ2n) is 6.54. The predicted octanol–water partition coefficient (Wildman–Crippen LogP) is 3.70. The summed E-state index contributed by atoms with van der Waals surface area (Å²) in [4.78, 5) is 12.5. The largest absolute Gasteiger partial charge is 0.494 e. The molecule has 0 atom stereocenters. The minimum absolute atomic E-state index is 0.124. The first kappa shape index (κ1) is 18.4. The van der Waals surface area contributed by atoms with Crippen LogP contribution in [0.25, 0.3) is 0 Å². The fourth-order valence-corrected chi connectivity index (χ4v) is 3.35. The van der Waals surface area contributed by atoms with Crippen LogP contribution in [-0.4, -0.2) is 32.3 Å². The molecule has 1 amide bonds. The Kier molecular flexibility index (Phi) is 5.89. The highest BCUT2D eigenvalue weighted by atomic mass is 19.1. The van der Waals surface area contributed by atoms with E-state index in [1.165, 1.54) is 12.1 Å². The number of hydrogen-bond acceptors (Lipinski definition) is 3. The van der Waals surface area contributed by atoms with Crippen molar-refractivity contribution in [3.63, 3.8) is 0 Å². The zero-order valence-electron chi connectivity index (χ0n) is 15.0. The van der Waals surface area contributed by atoms with Gasteiger partial charge in [0.25, 0.3) is 5.91 Å². The van der Waals surface area contributed by atoms with E-state index in [0.717, 1.165) is 24.2 Å². The fraction of sp³-hybridized carbons (Fsp3) is 0.381. The lowest BCUT2D eigenvalue weighted by atomic mass is 9.74. The van der Waals surface area contributed by atoms with E-state index >= 15 is 0 Å². The first-order valence-electron chi connectivity index (χ1n) is 8.98. The van der Waals surface area contributed by atoms with Crippen molar-refractivity contribution in [2.45, 2.75) is 25.2 Å². The minimum atomic E-state index is -0.255. The van der Waals surface area contributed by atoms with Gasteiger partial charge in [0.1, 0.15) is 11.6 Å². The Morgan fingerprint density at radius 1 is 1.12 bits per heavy atom. The highest BCUT2D eigenvalue weighted by Gasteiger charge is 2.35. The molecule has 0 aromatic heterocycles. The van der Waals surface area contributed by atoms with E-state index in [9.17, 15) is 9.18 Å². The van der Waals surface area contributed by atoms with Crippen LogP contribution in [-0.2, 0) is 10.2 Å². The first-order chi connectivity index (χ1) is 12.6. The molecule has 1 aliphatic heterocycles. The Labute approximate surface area is 153 Å². The molecule has 1 aliphatic rings. The van der Waals surface area contributed by atoms with E-state index in [2.05, 4.69) is 5.32 Å². The maximum absolute atomic E-state index is 13.3. The molecule has 4 nitrogen and oxygen atoms in total. The topological polar surface area (TPSA) is 47.6 Å². The van der Waals surface area contributed by atoms with E-state index in [0.29, 0.717) is 31.9 Å². The third kappa shape index (κ3) is 4.22. The van der Waals surface area contributed by atoms with Crippen LogP contribution in [0.3, 0.4) is 0 Å². The quantitative estimate of drug-likeness (QED) is 0.857. The molecule has 1 saturated heterocycles. The van der Waals surface area contributed by atoms with Crippen molar-refractivity contribution < 1.29 is 18.7 Å². The molecule has 0 aliphatic carbocycles. The van der Waals surface area contributed by atoms with Gasteiger partial charge in [0.2, 0.25) is 0 Å². The van der Waals surface area contributed by atoms with Gasteiger partial charge in [-0.05, 0) is 61.7 Å². The molecule has 2 aromatic carbocycles. The fourth-order valence-electron chi connectivity index (χ4n) is 3.35. The molecular weight excluding hydrogens is 333 g/mol. The molecule has 138 valence electrons. The molecule has 0 bridgehead atoms. The van der Waals surface area contributed by atoms with Gasteiger partial charge in [-0.25, -0.2) is 4.39 Å². The van der Waals surface area contributed by atoms with Gasteiger partial charge in [0, 0.05) is 30.7 Å². The highest BCUT2D eigenvalue weighted by Crippen LogP contribution is 2.34. The summed E-state index contributed by atoms with van der Waals surface area (Å²) in [7, 11) is 0. The number of amides is 1. The van der Waals surface area contributed by atoms with Gasteiger partial charge >= 0.3 is 0 Å². The molecule has 0 unspecified atom stereocenters. The number of hydrogen-bond donors (Lipinski definition) is 1. The maximum Gasteiger partial charge on any atom is 0.251 e. The summed E-state index contributed by atoms with van der Waals surface area (Å²) in [6.45, 7) is 4.28. The Bertz CT molecular complexity index is 722. The Morgan fingerprint density at radius 3 is 2.38 bits per heavy atom. The van der Waals surface area contributed by atoms with Crippen molar-refractivity contribution >= 4 is 5.91 Å². The van der Waals surface area contributed by atoms with Gasteiger partial charge in [-0.1, -0.05) is 12.1 Å². The summed E-state index contributed by atoms with van der Waals surface area (Å²) in [5, 5.41) is 3.05. The van der Waals surface area contributed by atoms with Crippen LogP contribution in [0, 0.1) is 5.82 Å². The average molecular weight is 357 g/mol. The van der Waals surface area contributed by atoms with Crippen LogP contribution >= 0.6 is 0 Å². The van der Waals surface area contributed by atoms with E-state index < -0.39 is 0 Å². The number of halogens is 1. The number of benzene rings is 2. The van der Waals surface area contributed by atoms with Gasteiger partial charge < -0.3 is 14.8 Å². The molecule has 1 fully saturated rings. The van der Waals surface area contributed by atoms with Gasteiger partial charge in [-0.3, -0.25) is 4.79 Å². The Balaban J connectivity index is 1.71. The lowest BCUT2D eigenvalue weighted by Crippen LogP contribution is -2.44. The van der Waals surface area contributed by atoms with E-state index in [1.807, 2.05) is 19.1 Å². The van der Waals surface area contributed by atoms with Gasteiger partial charge in [-0.15, -0.1) is 0 Å². The van der Waals surface area contributed by atoms with Crippen molar-refractivity contribution in [3.8, 4) is 5.75 Å². The van der Waals surface area contributed by atoms with Crippen molar-refractivity contribution in [3.05, 3.63) is 65.5 Å². The summed E-state index contributed by atoms with van der Waals surface area (Å²) in [6.07, 6.45) is 1.59. The van der Waals surface area contributed by atoms with E-state index in [-0.39, 0.29) is 17.1 Å². The van der Waals surface area contributed by atoms with Crippen molar-refractivity contribution in [1.29, 1.82) is 0 Å². The van der Waals surface area contributed by atoms with Gasteiger partial charge in [0.05, 0.1) is 6.61 Å². The highest BCUT2D eigenvalue weighted by molar-refractivity contribution is 5.94. The lowest BCUT2D eigenvalue weighted by molar-refractivity contribution is 0.0487. The molecule has 1 N–H and O–H groups in total. The lowest BCUT2D eigenvalue weighted by Gasteiger charge is -2.38. The normalized spacial score (nSPS) is 16.1. The van der Waals surface area contributed by atoms with Crippen LogP contribution in [0.4, 0.5) is 4.39 Å². The Hall–Kier alpha value is -2.40. The number of nitrogens with one attached hydrogen (secondary N) is 1. The predicted molar refractivity (Wildman–Crippen MR) is 98.1 cm³/mol. The summed E-state index contributed by atoms with van der Waals surface area (Å²) in [5.74, 6) is 0.367. The second-order valence-corrected chi connectivity index (χ2v) is 6.54. The molecule has 3 rings (SSSR count). The van der Waals surface area contributed by atoms with Gasteiger partial charge in [0.15, 0.2) is 0 Å². The molecule has 0 spiro atoms. The monoisotopic (exact) mass is 357 g/mol. The van der Waals surface area contributed by atoms with Crippen LogP contribution in [0.1, 0.15) is 35.7 Å². The summed E-state index contributed by atoms with van der Waals surface area (Å²) in [6, 6.07) is 13.7. The van der Waals surface area contributed by atoms with Crippen LogP contribution < -0.4 is 10.1 Å². The molecule has 5 heteroatoms. The molecule has 0 saturated carbocycles. The average Bonchev–Trinajstić information content (AvgIpc) is 2.68. The summed E-state index contributed by atoms with van der Waals surface area (Å²) < 4.78 is 24.2. The van der Waals surface area contributed by atoms with Crippen LogP contribution in [0.2, 0.25) is 0 Å². The third-order valence-corrected chi connectivity index (χ3v) is 4.92. The molecule has 0 radical (unpaired) electrons. The third-order valence-electron chi connectivity index (χ3n) is 4.92. The van der Waals surface area contributed by atoms with Gasteiger partial charge in [-0.2, -0.15) is 0 Å². The SMILES string of the molecule is CCOc1ccc(C(=O)NCC2(c3ccc(F)cc3)CCOCC2)cc1. The zero-order valence-corrected chi connectivity index (χ0v) is 15.0. The summed E-state index contributed by atoms with van der Waals surface area (Å²) in [5.41, 5.74) is 1.40. The van der Waals surface area contributed by atoms with E-state index in [4.69, 9.17) is 9.47 Å². The summed E-state index contributed by atoms with van der Waals surface area (Å²) >= 11 is 0. The standard InChI is InChI=1S/C21H24FNO3/c1-2-26-19-9-3-16(4-10-19)20(24)23-15-21(11-13-25-14-12-21)17-5-7-18(22)8-6-17/h3-10H,2,11-15H2,1H3,(H,23,24). The molecule has 26 heavy (non-hydrogen) atoms. The first-order valence-corrected chi connectivity index (χ1v) is 8.98. The van der Waals surface area contributed by atoms with Crippen molar-refractivity contribution in [2.75, 3.05) is 26.4 Å². The van der Waals surface area contributed by atoms with Crippen LogP contribution in [0.15, 0.2) is 48.5 Å². The molecule has 2 aromatic rings. The minimum Gasteiger partial charge on any atom is -0.494 e. The zero-order chi connectivity index (χ0) is 18.4. The molecular formula is C21H24FNO3. The number of rotatable bonds is 6. The maximum atomic E-state index is 13.3. The van der Waals surface area contributed by atoms with Crippen molar-refractivity contribution in [2.24, 2.45) is 0 Å². The number of carbonyl (C=O) groups excluding carboxylic acids is 1. The molecule has 1 heterocycles. The number of ether oxygens (including phenoxy) is 2. The second kappa shape index (κ2) is 8.32. The van der Waals surface area contributed by atoms with E-state index in [1.54, 1.807) is 24.3 Å².